The normalized spacial score (nSPS) is 20.1. The van der Waals surface area contributed by atoms with Crippen molar-refractivity contribution in [2.75, 3.05) is 18.5 Å². The number of rotatable bonds is 3. The Morgan fingerprint density at radius 2 is 1.65 bits per heavy atom. The van der Waals surface area contributed by atoms with Crippen molar-refractivity contribution in [3.63, 3.8) is 0 Å². The van der Waals surface area contributed by atoms with Crippen LogP contribution < -0.4 is 15.4 Å². The lowest BCUT2D eigenvalue weighted by molar-refractivity contribution is -0.143. The average Bonchev–Trinajstić information content (AvgIpc) is 2.97. The van der Waals surface area contributed by atoms with Crippen LogP contribution in [0.5, 0.6) is 5.75 Å². The molecule has 2 heterocycles. The topological polar surface area (TPSA) is 87.7 Å². The van der Waals surface area contributed by atoms with Crippen LogP contribution >= 0.6 is 0 Å². The van der Waals surface area contributed by atoms with Gasteiger partial charge in [0.05, 0.1) is 17.7 Å². The molecule has 2 aromatic carbocycles. The minimum atomic E-state index is -5.10. The van der Waals surface area contributed by atoms with E-state index in [4.69, 9.17) is 4.74 Å². The van der Waals surface area contributed by atoms with Gasteiger partial charge in [-0.25, -0.2) is 4.79 Å². The van der Waals surface area contributed by atoms with E-state index < -0.39 is 59.1 Å². The van der Waals surface area contributed by atoms with Gasteiger partial charge in [-0.3, -0.25) is 14.5 Å². The van der Waals surface area contributed by atoms with Gasteiger partial charge >= 0.3 is 18.4 Å². The number of halogens is 6. The number of hydrogen-bond acceptors (Lipinski definition) is 4. The molecule has 2 aliphatic heterocycles. The smallest absolute Gasteiger partial charge is 0.416 e. The highest BCUT2D eigenvalue weighted by Gasteiger charge is 2.55. The number of amides is 4. The number of ether oxygens (including phenoxy) is 1. The summed E-state index contributed by atoms with van der Waals surface area (Å²) in [6.07, 6.45) is -10.1. The molecule has 2 N–H and O–H groups in total. The summed E-state index contributed by atoms with van der Waals surface area (Å²) in [7, 11) is 0. The van der Waals surface area contributed by atoms with E-state index in [0.29, 0.717) is 28.3 Å². The molecule has 1 fully saturated rings. The summed E-state index contributed by atoms with van der Waals surface area (Å²) in [4.78, 5) is 38.6. The van der Waals surface area contributed by atoms with Crippen molar-refractivity contribution < 1.29 is 45.5 Å². The van der Waals surface area contributed by atoms with Crippen molar-refractivity contribution in [2.45, 2.75) is 24.3 Å². The maximum absolute atomic E-state index is 13.1. The van der Waals surface area contributed by atoms with Crippen molar-refractivity contribution in [1.29, 1.82) is 0 Å². The second kappa shape index (κ2) is 7.92. The zero-order chi connectivity index (χ0) is 24.9. The van der Waals surface area contributed by atoms with Crippen LogP contribution in [0.25, 0.3) is 0 Å². The molecule has 0 aliphatic carbocycles. The van der Waals surface area contributed by atoms with Gasteiger partial charge < -0.3 is 15.4 Å². The highest BCUT2D eigenvalue weighted by molar-refractivity contribution is 6.10. The molecule has 4 rings (SSSR count). The van der Waals surface area contributed by atoms with E-state index in [0.717, 1.165) is 0 Å². The van der Waals surface area contributed by atoms with Crippen molar-refractivity contribution in [2.24, 2.45) is 0 Å². The molecule has 0 aromatic heterocycles. The number of carbonyl (C=O) groups excluding carboxylic acids is 3. The third kappa shape index (κ3) is 4.13. The number of nitrogens with zero attached hydrogens (tertiary/aromatic N) is 1. The SMILES string of the molecule is O=C(CN1C(=O)N[C@@]2(CCOc3ccccc32)C1=O)Nc1cc(C(F)(F)F)cc(C(F)(F)F)c1. The second-order valence-corrected chi connectivity index (χ2v) is 7.66. The molecule has 1 saturated heterocycles. The molecule has 13 heteroatoms. The molecule has 7 nitrogen and oxygen atoms in total. The molecule has 0 bridgehead atoms. The molecule has 1 atom stereocenters. The maximum Gasteiger partial charge on any atom is 0.416 e. The van der Waals surface area contributed by atoms with Crippen LogP contribution in [0, 0.1) is 0 Å². The third-order valence-corrected chi connectivity index (χ3v) is 5.43. The third-order valence-electron chi connectivity index (χ3n) is 5.43. The van der Waals surface area contributed by atoms with Gasteiger partial charge in [0.15, 0.2) is 5.54 Å². The summed E-state index contributed by atoms with van der Waals surface area (Å²) in [5, 5.41) is 4.44. The summed E-state index contributed by atoms with van der Waals surface area (Å²) in [5.74, 6) is -1.59. The van der Waals surface area contributed by atoms with Crippen LogP contribution in [0.3, 0.4) is 0 Å². The Kier molecular flexibility index (Phi) is 5.45. The molecule has 0 unspecified atom stereocenters. The summed E-state index contributed by atoms with van der Waals surface area (Å²) < 4.78 is 83.7. The number of urea groups is 1. The number of carbonyl (C=O) groups is 3. The van der Waals surface area contributed by atoms with Gasteiger partial charge in [-0.15, -0.1) is 0 Å². The maximum atomic E-state index is 13.1. The first-order valence-electron chi connectivity index (χ1n) is 9.77. The minimum absolute atomic E-state index is 0.0648. The fourth-order valence-electron chi connectivity index (χ4n) is 3.89. The molecule has 180 valence electrons. The molecule has 4 amide bonds. The number of fused-ring (bicyclic) bond motifs is 2. The fraction of sp³-hybridized carbons (Fsp3) is 0.286. The van der Waals surface area contributed by atoms with Crippen LogP contribution in [0.4, 0.5) is 36.8 Å². The zero-order valence-corrected chi connectivity index (χ0v) is 17.0. The Labute approximate surface area is 187 Å². The van der Waals surface area contributed by atoms with E-state index >= 15 is 0 Å². The first-order chi connectivity index (χ1) is 15.8. The second-order valence-electron chi connectivity index (χ2n) is 7.66. The first-order valence-corrected chi connectivity index (χ1v) is 9.77. The molecular weight excluding hydrogens is 472 g/mol. The van der Waals surface area contributed by atoms with Gasteiger partial charge in [-0.05, 0) is 24.3 Å². The van der Waals surface area contributed by atoms with E-state index in [1.165, 1.54) is 0 Å². The lowest BCUT2D eigenvalue weighted by atomic mass is 9.84. The van der Waals surface area contributed by atoms with Gasteiger partial charge in [0.1, 0.15) is 12.3 Å². The lowest BCUT2D eigenvalue weighted by Gasteiger charge is -2.33. The highest BCUT2D eigenvalue weighted by Crippen LogP contribution is 2.41. The summed E-state index contributed by atoms with van der Waals surface area (Å²) >= 11 is 0. The van der Waals surface area contributed by atoms with Crippen LogP contribution in [0.1, 0.15) is 23.1 Å². The van der Waals surface area contributed by atoms with E-state index in [2.05, 4.69) is 5.32 Å². The lowest BCUT2D eigenvalue weighted by Crippen LogP contribution is -2.48. The van der Waals surface area contributed by atoms with Crippen LogP contribution in [0.2, 0.25) is 0 Å². The Morgan fingerprint density at radius 3 is 2.26 bits per heavy atom. The molecule has 1 spiro atoms. The fourth-order valence-corrected chi connectivity index (χ4v) is 3.89. The van der Waals surface area contributed by atoms with Crippen molar-refractivity contribution in [1.82, 2.24) is 10.2 Å². The van der Waals surface area contributed by atoms with Crippen LogP contribution in [-0.4, -0.2) is 35.9 Å². The van der Waals surface area contributed by atoms with E-state index in [1.54, 1.807) is 24.3 Å². The van der Waals surface area contributed by atoms with Crippen molar-refractivity contribution in [3.05, 3.63) is 59.2 Å². The number of anilines is 1. The van der Waals surface area contributed by atoms with E-state index in [1.807, 2.05) is 5.32 Å². The number of nitrogens with one attached hydrogen (secondary N) is 2. The van der Waals surface area contributed by atoms with E-state index in [-0.39, 0.29) is 19.1 Å². The molecule has 2 aliphatic rings. The number of alkyl halides is 6. The van der Waals surface area contributed by atoms with Gasteiger partial charge in [0.25, 0.3) is 5.91 Å². The monoisotopic (exact) mass is 487 g/mol. The Bertz CT molecular complexity index is 1150. The highest BCUT2D eigenvalue weighted by atomic mass is 19.4. The zero-order valence-electron chi connectivity index (χ0n) is 17.0. The van der Waals surface area contributed by atoms with Gasteiger partial charge in [-0.1, -0.05) is 18.2 Å². The summed E-state index contributed by atoms with van der Waals surface area (Å²) in [5.41, 5.74) is -5.15. The predicted octanol–water partition coefficient (Wildman–Crippen LogP) is 3.89. The number of benzene rings is 2. The molecule has 0 radical (unpaired) electrons. The van der Waals surface area contributed by atoms with Crippen LogP contribution in [0.15, 0.2) is 42.5 Å². The average molecular weight is 487 g/mol. The Morgan fingerprint density at radius 1 is 1.03 bits per heavy atom. The largest absolute Gasteiger partial charge is 0.493 e. The standard InChI is InChI=1S/C21H15F6N3O4/c22-20(23,24)11-7-12(21(25,26)27)9-13(8-11)28-16(31)10-30-17(32)19(29-18(30)33)5-6-34-15-4-2-1-3-14(15)19/h1-4,7-9H,5-6,10H2,(H,28,31)(H,29,33)/t19-/m1/s1. The Balaban J connectivity index is 1.57. The number of hydrogen-bond donors (Lipinski definition) is 2. The summed E-state index contributed by atoms with van der Waals surface area (Å²) in [6, 6.07) is 6.08. The van der Waals surface area contributed by atoms with Gasteiger partial charge in [0.2, 0.25) is 5.91 Å². The number of para-hydroxylation sites is 1. The van der Waals surface area contributed by atoms with E-state index in [9.17, 15) is 40.7 Å². The van der Waals surface area contributed by atoms with Crippen molar-refractivity contribution >= 4 is 23.5 Å². The summed E-state index contributed by atoms with van der Waals surface area (Å²) in [6.45, 7) is -0.833. The van der Waals surface area contributed by atoms with Crippen molar-refractivity contribution in [3.8, 4) is 5.75 Å². The molecular formula is C21H15F6N3O4. The quantitative estimate of drug-likeness (QED) is 0.508. The minimum Gasteiger partial charge on any atom is -0.493 e. The Hall–Kier alpha value is -3.77. The molecule has 34 heavy (non-hydrogen) atoms. The number of imide groups is 1. The molecule has 0 saturated carbocycles. The van der Waals surface area contributed by atoms with Crippen LogP contribution in [-0.2, 0) is 27.5 Å². The first kappa shape index (κ1) is 23.4. The predicted molar refractivity (Wildman–Crippen MR) is 104 cm³/mol. The van der Waals surface area contributed by atoms with Gasteiger partial charge in [-0.2, -0.15) is 26.3 Å². The van der Waals surface area contributed by atoms with Gasteiger partial charge in [0, 0.05) is 17.7 Å². The molecule has 2 aromatic rings.